The van der Waals surface area contributed by atoms with Crippen molar-refractivity contribution in [2.75, 3.05) is 0 Å². The normalized spacial score (nSPS) is 10.2. The van der Waals surface area contributed by atoms with E-state index in [4.69, 9.17) is 0 Å². The van der Waals surface area contributed by atoms with Crippen molar-refractivity contribution in [3.05, 3.63) is 23.8 Å². The van der Waals surface area contributed by atoms with Gasteiger partial charge in [0.1, 0.15) is 0 Å². The van der Waals surface area contributed by atoms with Gasteiger partial charge >= 0.3 is 0 Å². The van der Waals surface area contributed by atoms with Gasteiger partial charge in [0.25, 0.3) is 0 Å². The third-order valence-electron chi connectivity index (χ3n) is 1.44. The van der Waals surface area contributed by atoms with E-state index in [1.54, 1.807) is 12.2 Å². The van der Waals surface area contributed by atoms with Gasteiger partial charge in [0.15, 0.2) is 5.78 Å². The van der Waals surface area contributed by atoms with Crippen LogP contribution in [0.3, 0.4) is 0 Å². The van der Waals surface area contributed by atoms with Crippen LogP contribution < -0.4 is 0 Å². The number of rotatable bonds is 5. The van der Waals surface area contributed by atoms with Crippen molar-refractivity contribution in [1.82, 2.24) is 0 Å². The second kappa shape index (κ2) is 6.84. The Hall–Kier alpha value is -0.850. The molecule has 0 aromatic carbocycles. The van der Waals surface area contributed by atoms with Gasteiger partial charge in [-0.2, -0.15) is 0 Å². The first-order valence-corrected chi connectivity index (χ1v) is 4.52. The van der Waals surface area contributed by atoms with Crippen LogP contribution in [0.1, 0.15) is 40.0 Å². The monoisotopic (exact) mass is 166 g/mol. The number of carbonyl (C=O) groups is 1. The molecule has 0 saturated heterocycles. The lowest BCUT2D eigenvalue weighted by molar-refractivity contribution is -0.110. The summed E-state index contributed by atoms with van der Waals surface area (Å²) in [7, 11) is 0. The summed E-state index contributed by atoms with van der Waals surface area (Å²) >= 11 is 0. The zero-order valence-electron chi connectivity index (χ0n) is 8.26. The first-order valence-electron chi connectivity index (χ1n) is 4.52. The largest absolute Gasteiger partial charge is 0.290 e. The summed E-state index contributed by atoms with van der Waals surface area (Å²) in [6.45, 7) is 6.00. The minimum atomic E-state index is 0.103. The average molecular weight is 166 g/mol. The van der Waals surface area contributed by atoms with E-state index in [0.29, 0.717) is 0 Å². The molecule has 0 N–H and O–H groups in total. The molecule has 0 heterocycles. The van der Waals surface area contributed by atoms with E-state index in [0.717, 1.165) is 12.0 Å². The molecule has 0 aromatic rings. The van der Waals surface area contributed by atoms with E-state index in [2.05, 4.69) is 6.92 Å². The highest BCUT2D eigenvalue weighted by atomic mass is 16.1. The van der Waals surface area contributed by atoms with Gasteiger partial charge in [0.2, 0.25) is 0 Å². The summed E-state index contributed by atoms with van der Waals surface area (Å²) < 4.78 is 0. The Bertz CT molecular complexity index is 183. The third kappa shape index (κ3) is 7.26. The van der Waals surface area contributed by atoms with E-state index >= 15 is 0 Å². The molecule has 68 valence electrons. The zero-order chi connectivity index (χ0) is 9.40. The van der Waals surface area contributed by atoms with Crippen LogP contribution in [0.2, 0.25) is 0 Å². The summed E-state index contributed by atoms with van der Waals surface area (Å²) in [6, 6.07) is 0. The molecule has 0 aromatic heterocycles. The van der Waals surface area contributed by atoms with Crippen LogP contribution in [0.25, 0.3) is 0 Å². The fourth-order valence-corrected chi connectivity index (χ4v) is 0.854. The molecule has 0 fully saturated rings. The summed E-state index contributed by atoms with van der Waals surface area (Å²) in [5, 5.41) is 0. The van der Waals surface area contributed by atoms with E-state index < -0.39 is 0 Å². The minimum Gasteiger partial charge on any atom is -0.290 e. The van der Waals surface area contributed by atoms with Gasteiger partial charge in [0, 0.05) is 0 Å². The predicted molar refractivity (Wildman–Crippen MR) is 53.1 cm³/mol. The molecule has 0 atom stereocenters. The first-order chi connectivity index (χ1) is 5.66. The van der Waals surface area contributed by atoms with E-state index in [-0.39, 0.29) is 5.78 Å². The maximum atomic E-state index is 11.1. The van der Waals surface area contributed by atoms with Gasteiger partial charge in [-0.05, 0) is 32.4 Å². The fraction of sp³-hybridized carbons (Fsp3) is 0.545. The molecule has 0 spiro atoms. The van der Waals surface area contributed by atoms with Gasteiger partial charge in [-0.1, -0.05) is 31.4 Å². The highest BCUT2D eigenvalue weighted by Gasteiger charge is 1.88. The molecule has 0 radical (unpaired) electrons. The van der Waals surface area contributed by atoms with Crippen molar-refractivity contribution in [3.8, 4) is 0 Å². The molecule has 12 heavy (non-hydrogen) atoms. The number of ketones is 1. The first kappa shape index (κ1) is 11.2. The standard InChI is InChI=1S/C11H18O/c1-4-5-6-7-8-11(12)9-10(2)3/h7-9H,4-6H2,1-3H3/b8-7-. The molecule has 0 rings (SSSR count). The van der Waals surface area contributed by atoms with Crippen molar-refractivity contribution in [3.63, 3.8) is 0 Å². The quantitative estimate of drug-likeness (QED) is 0.452. The highest BCUT2D eigenvalue weighted by Crippen LogP contribution is 1.96. The fourth-order valence-electron chi connectivity index (χ4n) is 0.854. The van der Waals surface area contributed by atoms with Crippen LogP contribution in [0.4, 0.5) is 0 Å². The lowest BCUT2D eigenvalue weighted by Gasteiger charge is -1.88. The SMILES string of the molecule is CCCC/C=C\C(=O)C=C(C)C. The molecular formula is C11H18O. The maximum Gasteiger partial charge on any atom is 0.178 e. The van der Waals surface area contributed by atoms with E-state index in [1.807, 2.05) is 19.9 Å². The summed E-state index contributed by atoms with van der Waals surface area (Å²) in [4.78, 5) is 11.1. The molecule has 0 aliphatic carbocycles. The summed E-state index contributed by atoms with van der Waals surface area (Å²) in [5.74, 6) is 0.103. The second-order valence-electron chi connectivity index (χ2n) is 3.17. The van der Waals surface area contributed by atoms with Crippen LogP contribution in [-0.4, -0.2) is 5.78 Å². The topological polar surface area (TPSA) is 17.1 Å². The average Bonchev–Trinajstić information content (AvgIpc) is 1.97. The number of carbonyl (C=O) groups excluding carboxylic acids is 1. The van der Waals surface area contributed by atoms with Crippen molar-refractivity contribution < 1.29 is 4.79 Å². The third-order valence-corrected chi connectivity index (χ3v) is 1.44. The molecule has 0 unspecified atom stereocenters. The second-order valence-corrected chi connectivity index (χ2v) is 3.17. The van der Waals surface area contributed by atoms with Crippen molar-refractivity contribution in [1.29, 1.82) is 0 Å². The lowest BCUT2D eigenvalue weighted by Crippen LogP contribution is -1.86. The summed E-state index contributed by atoms with van der Waals surface area (Å²) in [6.07, 6.45) is 8.62. The zero-order valence-corrected chi connectivity index (χ0v) is 8.26. The number of unbranched alkanes of at least 4 members (excludes halogenated alkanes) is 2. The Morgan fingerprint density at radius 3 is 2.50 bits per heavy atom. The Morgan fingerprint density at radius 2 is 2.00 bits per heavy atom. The lowest BCUT2D eigenvalue weighted by atomic mass is 10.2. The van der Waals surface area contributed by atoms with E-state index in [9.17, 15) is 4.79 Å². The number of hydrogen-bond donors (Lipinski definition) is 0. The van der Waals surface area contributed by atoms with Crippen LogP contribution in [0.5, 0.6) is 0 Å². The van der Waals surface area contributed by atoms with Gasteiger partial charge < -0.3 is 0 Å². The smallest absolute Gasteiger partial charge is 0.178 e. The van der Waals surface area contributed by atoms with Gasteiger partial charge in [0.05, 0.1) is 0 Å². The van der Waals surface area contributed by atoms with E-state index in [1.165, 1.54) is 12.8 Å². The van der Waals surface area contributed by atoms with Crippen LogP contribution in [-0.2, 0) is 4.79 Å². The molecule has 1 nitrogen and oxygen atoms in total. The van der Waals surface area contributed by atoms with Crippen LogP contribution in [0, 0.1) is 0 Å². The number of allylic oxidation sites excluding steroid dienone is 4. The molecule has 0 aliphatic heterocycles. The van der Waals surface area contributed by atoms with Gasteiger partial charge in [-0.25, -0.2) is 0 Å². The summed E-state index contributed by atoms with van der Waals surface area (Å²) in [5.41, 5.74) is 1.06. The van der Waals surface area contributed by atoms with Crippen molar-refractivity contribution in [2.45, 2.75) is 40.0 Å². The van der Waals surface area contributed by atoms with Crippen molar-refractivity contribution >= 4 is 5.78 Å². The molecule has 0 aliphatic rings. The molecule has 1 heteroatoms. The molecular weight excluding hydrogens is 148 g/mol. The Balaban J connectivity index is 3.69. The van der Waals surface area contributed by atoms with Crippen molar-refractivity contribution in [2.24, 2.45) is 0 Å². The molecule has 0 bridgehead atoms. The van der Waals surface area contributed by atoms with Gasteiger partial charge in [-0.15, -0.1) is 0 Å². The van der Waals surface area contributed by atoms with Gasteiger partial charge in [-0.3, -0.25) is 4.79 Å². The molecule has 0 saturated carbocycles. The predicted octanol–water partition coefficient (Wildman–Crippen LogP) is 3.27. The Morgan fingerprint density at radius 1 is 1.33 bits per heavy atom. The van der Waals surface area contributed by atoms with Crippen LogP contribution >= 0.6 is 0 Å². The number of hydrogen-bond acceptors (Lipinski definition) is 1. The molecule has 0 amide bonds. The Kier molecular flexibility index (Phi) is 6.35. The maximum absolute atomic E-state index is 11.1. The van der Waals surface area contributed by atoms with Crippen LogP contribution in [0.15, 0.2) is 23.8 Å². The minimum absolute atomic E-state index is 0.103. The Labute approximate surface area is 75.2 Å². The highest BCUT2D eigenvalue weighted by molar-refractivity contribution is 5.99.